The molecule has 0 heterocycles. The van der Waals surface area contributed by atoms with Gasteiger partial charge in [0.05, 0.1) is 11.5 Å². The monoisotopic (exact) mass is 332 g/mol. The van der Waals surface area contributed by atoms with E-state index >= 15 is 0 Å². The molecule has 0 radical (unpaired) electrons. The third-order valence-corrected chi connectivity index (χ3v) is 6.04. The van der Waals surface area contributed by atoms with Crippen molar-refractivity contribution in [2.24, 2.45) is 0 Å². The lowest BCUT2D eigenvalue weighted by Crippen LogP contribution is -2.05. The van der Waals surface area contributed by atoms with Crippen molar-refractivity contribution in [1.29, 1.82) is 0 Å². The van der Waals surface area contributed by atoms with Gasteiger partial charge in [0.1, 0.15) is 19.7 Å². The van der Waals surface area contributed by atoms with Gasteiger partial charge in [0, 0.05) is 35.5 Å². The molecule has 0 saturated heterocycles. The average Bonchev–Trinajstić information content (AvgIpc) is 2.17. The molecule has 0 rings (SSSR count). The Labute approximate surface area is 119 Å². The molecule has 0 aromatic carbocycles. The molecule has 108 valence electrons. The Balaban J connectivity index is 3.40. The van der Waals surface area contributed by atoms with Crippen LogP contribution in [0.1, 0.15) is 0 Å². The van der Waals surface area contributed by atoms with Crippen LogP contribution in [0.2, 0.25) is 0 Å². The summed E-state index contributed by atoms with van der Waals surface area (Å²) < 4.78 is 43.3. The summed E-state index contributed by atoms with van der Waals surface area (Å²) in [5.74, 6) is 3.25. The maximum Gasteiger partial charge on any atom is 0.148 e. The van der Waals surface area contributed by atoms with Crippen molar-refractivity contribution in [3.8, 4) is 0 Å². The van der Waals surface area contributed by atoms with Crippen LogP contribution in [0.5, 0.6) is 0 Å². The predicted octanol–water partition coefficient (Wildman–Crippen LogP) is 1.10. The van der Waals surface area contributed by atoms with E-state index in [9.17, 15) is 16.8 Å². The van der Waals surface area contributed by atoms with E-state index in [2.05, 4.69) is 0 Å². The Morgan fingerprint density at radius 2 is 1.11 bits per heavy atom. The SMILES string of the molecule is CS(=O)(=O)CCSC/C=C/CSCCS(C)(=O)=O. The molecule has 0 aromatic heterocycles. The van der Waals surface area contributed by atoms with E-state index in [1.165, 1.54) is 12.5 Å². The minimum Gasteiger partial charge on any atom is -0.229 e. The summed E-state index contributed by atoms with van der Waals surface area (Å²) in [6.07, 6.45) is 6.45. The molecule has 0 aliphatic heterocycles. The van der Waals surface area contributed by atoms with Gasteiger partial charge in [-0.1, -0.05) is 12.2 Å². The fourth-order valence-corrected chi connectivity index (χ4v) is 5.10. The molecule has 0 fully saturated rings. The zero-order valence-corrected chi connectivity index (χ0v) is 13.9. The van der Waals surface area contributed by atoms with Crippen LogP contribution in [0.3, 0.4) is 0 Å². The lowest BCUT2D eigenvalue weighted by atomic mass is 10.6. The standard InChI is InChI=1S/C10H20O4S4/c1-17(11,12)9-7-15-5-3-4-6-16-8-10-18(2,13)14/h3-4H,5-10H2,1-2H3/b4-3+. The average molecular weight is 333 g/mol. The van der Waals surface area contributed by atoms with E-state index < -0.39 is 19.7 Å². The van der Waals surface area contributed by atoms with Gasteiger partial charge >= 0.3 is 0 Å². The van der Waals surface area contributed by atoms with Crippen LogP contribution in [0.15, 0.2) is 12.2 Å². The van der Waals surface area contributed by atoms with Gasteiger partial charge in [-0.15, -0.1) is 0 Å². The maximum absolute atomic E-state index is 10.8. The quantitative estimate of drug-likeness (QED) is 0.441. The number of rotatable bonds is 10. The summed E-state index contributed by atoms with van der Waals surface area (Å²) in [6, 6.07) is 0. The normalized spacial score (nSPS) is 13.2. The molecule has 18 heavy (non-hydrogen) atoms. The number of hydrogen-bond donors (Lipinski definition) is 0. The first-order valence-electron chi connectivity index (χ1n) is 5.37. The third kappa shape index (κ3) is 16.3. The first-order chi connectivity index (χ1) is 8.21. The molecular weight excluding hydrogens is 312 g/mol. The van der Waals surface area contributed by atoms with Gasteiger partial charge < -0.3 is 0 Å². The largest absolute Gasteiger partial charge is 0.229 e. The highest BCUT2D eigenvalue weighted by atomic mass is 32.2. The highest BCUT2D eigenvalue weighted by Crippen LogP contribution is 2.04. The van der Waals surface area contributed by atoms with Crippen molar-refractivity contribution < 1.29 is 16.8 Å². The van der Waals surface area contributed by atoms with Gasteiger partial charge in [0.2, 0.25) is 0 Å². The minimum atomic E-state index is -2.85. The van der Waals surface area contributed by atoms with Crippen molar-refractivity contribution in [1.82, 2.24) is 0 Å². The van der Waals surface area contributed by atoms with Crippen LogP contribution in [-0.2, 0) is 19.7 Å². The Bertz CT molecular complexity index is 394. The molecule has 0 bridgehead atoms. The van der Waals surface area contributed by atoms with Gasteiger partial charge in [0.15, 0.2) is 0 Å². The maximum atomic E-state index is 10.8. The van der Waals surface area contributed by atoms with Crippen LogP contribution in [0, 0.1) is 0 Å². The molecule has 0 atom stereocenters. The fourth-order valence-electron chi connectivity index (χ4n) is 0.859. The van der Waals surface area contributed by atoms with Crippen LogP contribution in [0.4, 0.5) is 0 Å². The Kier molecular flexibility index (Phi) is 9.45. The van der Waals surface area contributed by atoms with E-state index in [1.807, 2.05) is 12.2 Å². The van der Waals surface area contributed by atoms with Gasteiger partial charge in [0.25, 0.3) is 0 Å². The van der Waals surface area contributed by atoms with E-state index in [1.54, 1.807) is 23.5 Å². The predicted molar refractivity (Wildman–Crippen MR) is 83.2 cm³/mol. The Hall–Kier alpha value is 0.340. The van der Waals surface area contributed by atoms with Crippen LogP contribution in [0.25, 0.3) is 0 Å². The van der Waals surface area contributed by atoms with Crippen molar-refractivity contribution in [3.05, 3.63) is 12.2 Å². The fraction of sp³-hybridized carbons (Fsp3) is 0.800. The molecule has 0 unspecified atom stereocenters. The van der Waals surface area contributed by atoms with E-state index in [4.69, 9.17) is 0 Å². The second-order valence-electron chi connectivity index (χ2n) is 3.88. The topological polar surface area (TPSA) is 68.3 Å². The molecular formula is C10H20O4S4. The summed E-state index contributed by atoms with van der Waals surface area (Å²) in [5, 5.41) is 0. The number of thioether (sulfide) groups is 2. The molecule has 0 aliphatic rings. The molecule has 0 N–H and O–H groups in total. The van der Waals surface area contributed by atoms with Gasteiger partial charge in [-0.05, 0) is 0 Å². The molecule has 0 amide bonds. The molecule has 4 nitrogen and oxygen atoms in total. The second kappa shape index (κ2) is 9.28. The van der Waals surface area contributed by atoms with Crippen LogP contribution < -0.4 is 0 Å². The molecule has 0 aromatic rings. The van der Waals surface area contributed by atoms with Gasteiger partial charge in [-0.3, -0.25) is 0 Å². The Morgan fingerprint density at radius 3 is 1.39 bits per heavy atom. The minimum absolute atomic E-state index is 0.217. The van der Waals surface area contributed by atoms with E-state index in [-0.39, 0.29) is 11.5 Å². The summed E-state index contributed by atoms with van der Waals surface area (Å²) >= 11 is 3.15. The third-order valence-electron chi connectivity index (χ3n) is 1.79. The van der Waals surface area contributed by atoms with Crippen molar-refractivity contribution in [2.75, 3.05) is 47.0 Å². The van der Waals surface area contributed by atoms with Crippen molar-refractivity contribution >= 4 is 43.2 Å². The molecule has 8 heteroatoms. The molecule has 0 aliphatic carbocycles. The smallest absolute Gasteiger partial charge is 0.148 e. The van der Waals surface area contributed by atoms with Crippen LogP contribution in [-0.4, -0.2) is 63.9 Å². The summed E-state index contributed by atoms with van der Waals surface area (Å²) in [6.45, 7) is 0. The molecule has 0 spiro atoms. The second-order valence-corrected chi connectivity index (χ2v) is 10.7. The lowest BCUT2D eigenvalue weighted by molar-refractivity contribution is 0.601. The van der Waals surface area contributed by atoms with Crippen molar-refractivity contribution in [3.63, 3.8) is 0 Å². The van der Waals surface area contributed by atoms with Crippen molar-refractivity contribution in [2.45, 2.75) is 0 Å². The summed E-state index contributed by atoms with van der Waals surface area (Å²) in [4.78, 5) is 0. The lowest BCUT2D eigenvalue weighted by Gasteiger charge is -1.97. The Morgan fingerprint density at radius 1 is 0.778 bits per heavy atom. The van der Waals surface area contributed by atoms with Gasteiger partial charge in [-0.2, -0.15) is 23.5 Å². The number of sulfone groups is 2. The zero-order valence-electron chi connectivity index (χ0n) is 10.7. The highest BCUT2D eigenvalue weighted by Gasteiger charge is 2.01. The first-order valence-corrected chi connectivity index (χ1v) is 11.8. The van der Waals surface area contributed by atoms with Gasteiger partial charge in [-0.25, -0.2) is 16.8 Å². The molecule has 0 saturated carbocycles. The zero-order chi connectivity index (χ0) is 14.1. The highest BCUT2D eigenvalue weighted by molar-refractivity contribution is 8.01. The van der Waals surface area contributed by atoms with Crippen LogP contribution >= 0.6 is 23.5 Å². The summed E-state index contributed by atoms with van der Waals surface area (Å²) in [5.41, 5.74) is 0. The summed E-state index contributed by atoms with van der Waals surface area (Å²) in [7, 11) is -5.70. The number of hydrogen-bond acceptors (Lipinski definition) is 6. The van der Waals surface area contributed by atoms with E-state index in [0.29, 0.717) is 11.5 Å². The van der Waals surface area contributed by atoms with E-state index in [0.717, 1.165) is 11.5 Å². The first kappa shape index (κ1) is 18.3.